The smallest absolute Gasteiger partial charge is 0.261 e. The Morgan fingerprint density at radius 3 is 1.61 bits per heavy atom. The van der Waals surface area contributed by atoms with Gasteiger partial charge in [0.15, 0.2) is 6.29 Å². The summed E-state index contributed by atoms with van der Waals surface area (Å²) in [5.74, 6) is 0. The highest BCUT2D eigenvalue weighted by Crippen LogP contribution is 2.43. The van der Waals surface area contributed by atoms with Gasteiger partial charge >= 0.3 is 0 Å². The fraction of sp³-hybridized carbons (Fsp3) is 0.519. The summed E-state index contributed by atoms with van der Waals surface area (Å²) in [4.78, 5) is 0. The van der Waals surface area contributed by atoms with Gasteiger partial charge in [-0.3, -0.25) is 0 Å². The molecule has 8 rings (SSSR count). The molecular weight excluding hydrogens is 833 g/mol. The molecule has 4 aliphatic heterocycles. The maximum Gasteiger partial charge on any atom is 0.261 e. The zero-order valence-corrected chi connectivity index (χ0v) is 41.1. The molecule has 4 aromatic carbocycles. The lowest BCUT2D eigenvalue weighted by Crippen LogP contribution is -2.70. The van der Waals surface area contributed by atoms with Gasteiger partial charge in [-0.2, -0.15) is 0 Å². The third kappa shape index (κ3) is 10.0. The van der Waals surface area contributed by atoms with E-state index < -0.39 is 22.9 Å². The number of rotatable bonds is 14. The number of fused-ring (bicyclic) bond motifs is 2. The van der Waals surface area contributed by atoms with Gasteiger partial charge in [0.2, 0.25) is 0 Å². The zero-order chi connectivity index (χ0) is 44.8. The minimum absolute atomic E-state index is 0.00450. The second kappa shape index (κ2) is 20.7. The zero-order valence-electron chi connectivity index (χ0n) is 39.1. The van der Waals surface area contributed by atoms with Crippen LogP contribution in [0.25, 0.3) is 0 Å². The SMILES string of the molecule is C=CCO[C@H]1CCCO[C@@H]1C[C@H]1OCC[C@@H]2O[C@@H]3C[C@H](O[Si](c4ccccc4)(c4ccccc4)C(C)(C)C)[C@@H](CO[Si](c4ccccc4)(c4ccccc4)C(C)(C)C)O[C@H]3CC[C@H]2O1. The Hall–Kier alpha value is -3.27. The molecule has 0 unspecified atom stereocenters. The minimum Gasteiger partial charge on any atom is -0.405 e. The van der Waals surface area contributed by atoms with Crippen molar-refractivity contribution in [3.8, 4) is 0 Å². The second-order valence-corrected chi connectivity index (χ2v) is 28.8. The molecule has 0 aliphatic carbocycles. The predicted octanol–water partition coefficient (Wildman–Crippen LogP) is 8.49. The Kier molecular flexibility index (Phi) is 15.3. The molecule has 0 spiro atoms. The van der Waals surface area contributed by atoms with Gasteiger partial charge in [-0.25, -0.2) is 0 Å². The molecule has 0 radical (unpaired) electrons. The molecule has 4 heterocycles. The topological polar surface area (TPSA) is 73.8 Å². The van der Waals surface area contributed by atoms with Crippen molar-refractivity contribution >= 4 is 37.4 Å². The van der Waals surface area contributed by atoms with Gasteiger partial charge in [-0.05, 0) is 62.9 Å². The molecule has 4 fully saturated rings. The van der Waals surface area contributed by atoms with Crippen LogP contribution in [0.1, 0.15) is 86.5 Å². The van der Waals surface area contributed by atoms with E-state index in [9.17, 15) is 0 Å². The van der Waals surface area contributed by atoms with Gasteiger partial charge in [0, 0.05) is 19.4 Å². The second-order valence-electron chi connectivity index (χ2n) is 20.2. The normalized spacial score (nSPS) is 28.2. The molecule has 0 saturated carbocycles. The first-order valence-electron chi connectivity index (χ1n) is 23.9. The lowest BCUT2D eigenvalue weighted by Gasteiger charge is -2.50. The molecule has 8 nitrogen and oxygen atoms in total. The summed E-state index contributed by atoms with van der Waals surface area (Å²) in [7, 11) is -5.95. The van der Waals surface area contributed by atoms with Gasteiger partial charge < -0.3 is 37.3 Å². The van der Waals surface area contributed by atoms with E-state index in [1.54, 1.807) is 6.08 Å². The van der Waals surface area contributed by atoms with Gasteiger partial charge in [0.25, 0.3) is 16.6 Å². The van der Waals surface area contributed by atoms with Crippen LogP contribution < -0.4 is 20.7 Å². The molecule has 4 saturated heterocycles. The summed E-state index contributed by atoms with van der Waals surface area (Å²) in [6.07, 6.45) is 5.57. The highest BCUT2D eigenvalue weighted by Gasteiger charge is 2.56. The lowest BCUT2D eigenvalue weighted by atomic mass is 9.95. The summed E-state index contributed by atoms with van der Waals surface area (Å²) < 4.78 is 56.2. The van der Waals surface area contributed by atoms with Crippen molar-refractivity contribution in [2.45, 2.75) is 152 Å². The molecule has 0 N–H and O–H groups in total. The highest BCUT2D eigenvalue weighted by molar-refractivity contribution is 7.00. The van der Waals surface area contributed by atoms with E-state index in [1.165, 1.54) is 20.7 Å². The van der Waals surface area contributed by atoms with Crippen LogP contribution in [0.4, 0.5) is 0 Å². The monoisotopic (exact) mass is 904 g/mol. The maximum atomic E-state index is 8.06. The molecule has 344 valence electrons. The maximum absolute atomic E-state index is 8.06. The van der Waals surface area contributed by atoms with Crippen molar-refractivity contribution in [1.82, 2.24) is 0 Å². The van der Waals surface area contributed by atoms with E-state index in [-0.39, 0.29) is 58.9 Å². The van der Waals surface area contributed by atoms with Crippen LogP contribution in [0.2, 0.25) is 10.1 Å². The largest absolute Gasteiger partial charge is 0.405 e. The first kappa shape index (κ1) is 47.2. The Morgan fingerprint density at radius 1 is 0.562 bits per heavy atom. The Bertz CT molecular complexity index is 1960. The number of benzene rings is 4. The Labute approximate surface area is 385 Å². The van der Waals surface area contributed by atoms with Crippen molar-refractivity contribution in [1.29, 1.82) is 0 Å². The van der Waals surface area contributed by atoms with Gasteiger partial charge in [0.05, 0.1) is 62.5 Å². The molecule has 4 aliphatic rings. The standard InChI is InChI=1S/C54H72O8Si2/c1-8-34-55-44-30-21-35-56-48(44)38-52-57-36-33-47-45(61-52)31-32-46-49(59-47)37-50(62-64(54(5,6)7,42-26-17-11-18-27-42)43-28-19-12-20-29-43)51(60-46)39-58-63(53(2,3)4,40-22-13-9-14-23-40)41-24-15-10-16-25-41/h8-20,22-29,44-52H,1,21,30-39H2,2-7H3/t44-,45+,46-,47-,48+,49+,50-,51+,52-/m0/s1. The number of ether oxygens (including phenoxy) is 6. The predicted molar refractivity (Wildman–Crippen MR) is 260 cm³/mol. The summed E-state index contributed by atoms with van der Waals surface area (Å²) >= 11 is 0. The van der Waals surface area contributed by atoms with E-state index in [0.717, 1.165) is 38.7 Å². The fourth-order valence-corrected chi connectivity index (χ4v) is 20.3. The van der Waals surface area contributed by atoms with Crippen LogP contribution >= 0.6 is 0 Å². The van der Waals surface area contributed by atoms with Crippen molar-refractivity contribution in [2.24, 2.45) is 0 Å². The molecule has 0 amide bonds. The Morgan fingerprint density at radius 2 is 1.08 bits per heavy atom. The molecule has 0 bridgehead atoms. The highest BCUT2D eigenvalue weighted by atomic mass is 28.4. The molecular formula is C54H72O8Si2. The van der Waals surface area contributed by atoms with Crippen LogP contribution in [0.5, 0.6) is 0 Å². The van der Waals surface area contributed by atoms with Crippen LogP contribution in [-0.2, 0) is 37.3 Å². The quantitative estimate of drug-likeness (QED) is 0.0923. The first-order chi connectivity index (χ1) is 30.9. The van der Waals surface area contributed by atoms with E-state index in [0.29, 0.717) is 32.7 Å². The fourth-order valence-electron chi connectivity index (χ4n) is 11.0. The van der Waals surface area contributed by atoms with Crippen molar-refractivity contribution in [2.75, 3.05) is 26.4 Å². The first-order valence-corrected chi connectivity index (χ1v) is 27.7. The summed E-state index contributed by atoms with van der Waals surface area (Å²) in [5.41, 5.74) is 0. The summed E-state index contributed by atoms with van der Waals surface area (Å²) in [6, 6.07) is 43.7. The number of hydrogen-bond donors (Lipinski definition) is 0. The van der Waals surface area contributed by atoms with Crippen molar-refractivity contribution in [3.05, 3.63) is 134 Å². The Balaban J connectivity index is 1.13. The third-order valence-corrected chi connectivity index (χ3v) is 24.1. The minimum atomic E-state index is -3.03. The number of hydrogen-bond acceptors (Lipinski definition) is 8. The van der Waals surface area contributed by atoms with E-state index in [2.05, 4.69) is 169 Å². The van der Waals surface area contributed by atoms with Crippen molar-refractivity contribution < 1.29 is 37.3 Å². The van der Waals surface area contributed by atoms with Crippen LogP contribution in [0.3, 0.4) is 0 Å². The molecule has 10 heteroatoms. The van der Waals surface area contributed by atoms with Crippen LogP contribution in [0.15, 0.2) is 134 Å². The van der Waals surface area contributed by atoms with Crippen LogP contribution in [-0.4, -0.2) is 98.2 Å². The van der Waals surface area contributed by atoms with Crippen molar-refractivity contribution in [3.63, 3.8) is 0 Å². The van der Waals surface area contributed by atoms with Gasteiger partial charge in [0.1, 0.15) is 6.10 Å². The molecule has 9 atom stereocenters. The third-order valence-electron chi connectivity index (χ3n) is 14.0. The van der Waals surface area contributed by atoms with E-state index >= 15 is 0 Å². The van der Waals surface area contributed by atoms with Gasteiger partial charge in [-0.1, -0.05) is 169 Å². The lowest BCUT2D eigenvalue weighted by molar-refractivity contribution is -0.211. The van der Waals surface area contributed by atoms with Gasteiger partial charge in [-0.15, -0.1) is 6.58 Å². The van der Waals surface area contributed by atoms with E-state index in [1.807, 2.05) is 0 Å². The van der Waals surface area contributed by atoms with Crippen LogP contribution in [0, 0.1) is 0 Å². The summed E-state index contributed by atoms with van der Waals surface area (Å²) in [5, 5.41) is 4.54. The molecule has 4 aromatic rings. The summed E-state index contributed by atoms with van der Waals surface area (Å²) in [6.45, 7) is 20.1. The average molecular weight is 905 g/mol. The van der Waals surface area contributed by atoms with E-state index in [4.69, 9.17) is 37.3 Å². The molecule has 64 heavy (non-hydrogen) atoms. The average Bonchev–Trinajstić information content (AvgIpc) is 3.59. The molecule has 0 aromatic heterocycles.